The molecule has 0 spiro atoms. The van der Waals surface area contributed by atoms with Crippen molar-refractivity contribution in [1.29, 1.82) is 0 Å². The van der Waals surface area contributed by atoms with Crippen LogP contribution in [0.5, 0.6) is 5.75 Å². The second-order valence-corrected chi connectivity index (χ2v) is 8.52. The average molecular weight is 478 g/mol. The third-order valence-electron chi connectivity index (χ3n) is 4.55. The van der Waals surface area contributed by atoms with Gasteiger partial charge in [0.2, 0.25) is 0 Å². The van der Waals surface area contributed by atoms with Crippen LogP contribution in [-0.4, -0.2) is 16.7 Å². The summed E-state index contributed by atoms with van der Waals surface area (Å²) in [6.07, 6.45) is 0. The van der Waals surface area contributed by atoms with Gasteiger partial charge >= 0.3 is 0 Å². The van der Waals surface area contributed by atoms with E-state index in [0.717, 1.165) is 5.56 Å². The molecule has 30 heavy (non-hydrogen) atoms. The van der Waals surface area contributed by atoms with Crippen LogP contribution in [-0.2, 0) is 5.75 Å². The number of ether oxygens (including phenoxy) is 1. The summed E-state index contributed by atoms with van der Waals surface area (Å²) in [4.78, 5) is 18.1. The molecule has 0 saturated heterocycles. The molecule has 0 unspecified atom stereocenters. The molecule has 0 radical (unpaired) electrons. The molecule has 1 heterocycles. The van der Waals surface area contributed by atoms with Crippen LogP contribution in [0.15, 0.2) is 70.6 Å². The molecular formula is C22H15Cl3N2O2S. The van der Waals surface area contributed by atoms with Crippen molar-refractivity contribution in [3.05, 3.63) is 91.6 Å². The number of benzene rings is 3. The lowest BCUT2D eigenvalue weighted by atomic mass is 10.2. The highest BCUT2D eigenvalue weighted by molar-refractivity contribution is 7.98. The highest BCUT2D eigenvalue weighted by atomic mass is 35.5. The Morgan fingerprint density at radius 3 is 2.40 bits per heavy atom. The van der Waals surface area contributed by atoms with Gasteiger partial charge in [-0.15, -0.1) is 0 Å². The van der Waals surface area contributed by atoms with Crippen molar-refractivity contribution in [2.45, 2.75) is 10.9 Å². The van der Waals surface area contributed by atoms with Gasteiger partial charge in [0.05, 0.1) is 28.7 Å². The summed E-state index contributed by atoms with van der Waals surface area (Å²) in [6.45, 7) is 0. The minimum absolute atomic E-state index is 0.186. The predicted molar refractivity (Wildman–Crippen MR) is 125 cm³/mol. The van der Waals surface area contributed by atoms with Crippen LogP contribution >= 0.6 is 46.6 Å². The van der Waals surface area contributed by atoms with Crippen molar-refractivity contribution in [2.24, 2.45) is 0 Å². The number of fused-ring (bicyclic) bond motifs is 1. The molecule has 0 aliphatic heterocycles. The lowest BCUT2D eigenvalue weighted by Gasteiger charge is -2.15. The monoisotopic (exact) mass is 476 g/mol. The summed E-state index contributed by atoms with van der Waals surface area (Å²) in [7, 11) is 1.54. The first-order valence-corrected chi connectivity index (χ1v) is 11.0. The molecule has 152 valence electrons. The van der Waals surface area contributed by atoms with E-state index in [1.807, 2.05) is 18.2 Å². The average Bonchev–Trinajstić information content (AvgIpc) is 2.73. The van der Waals surface area contributed by atoms with Crippen molar-refractivity contribution < 1.29 is 4.74 Å². The van der Waals surface area contributed by atoms with E-state index in [4.69, 9.17) is 44.5 Å². The molecule has 0 N–H and O–H groups in total. The third kappa shape index (κ3) is 4.03. The molecule has 0 bridgehead atoms. The molecule has 4 rings (SSSR count). The van der Waals surface area contributed by atoms with Gasteiger partial charge in [-0.1, -0.05) is 64.8 Å². The Balaban J connectivity index is 1.86. The number of thioether (sulfide) groups is 1. The van der Waals surface area contributed by atoms with Crippen LogP contribution in [0, 0.1) is 0 Å². The fourth-order valence-corrected chi connectivity index (χ4v) is 5.04. The quantitative estimate of drug-likeness (QED) is 0.238. The topological polar surface area (TPSA) is 44.1 Å². The fraction of sp³-hybridized carbons (Fsp3) is 0.0909. The number of aromatic nitrogens is 2. The SMILES string of the molecule is COc1ccc(-n2c(SCc3c(Cl)cccc3Cl)nc3ccccc3c2=O)cc1Cl. The number of methoxy groups -OCH3 is 1. The van der Waals surface area contributed by atoms with Crippen LogP contribution < -0.4 is 10.3 Å². The molecular weight excluding hydrogens is 463 g/mol. The number of nitrogens with zero attached hydrogens (tertiary/aromatic N) is 2. The summed E-state index contributed by atoms with van der Waals surface area (Å²) < 4.78 is 6.77. The van der Waals surface area contributed by atoms with Crippen LogP contribution in [0.2, 0.25) is 15.1 Å². The van der Waals surface area contributed by atoms with E-state index < -0.39 is 0 Å². The Morgan fingerprint density at radius 1 is 0.967 bits per heavy atom. The Bertz CT molecular complexity index is 1290. The van der Waals surface area contributed by atoms with E-state index in [0.29, 0.717) is 48.3 Å². The van der Waals surface area contributed by atoms with Gasteiger partial charge in [0.25, 0.3) is 5.56 Å². The van der Waals surface area contributed by atoms with E-state index in [9.17, 15) is 4.79 Å². The second kappa shape index (κ2) is 8.90. The van der Waals surface area contributed by atoms with Crippen molar-refractivity contribution in [2.75, 3.05) is 7.11 Å². The number of halogens is 3. The van der Waals surface area contributed by atoms with Crippen LogP contribution in [0.3, 0.4) is 0 Å². The molecule has 4 nitrogen and oxygen atoms in total. The van der Waals surface area contributed by atoms with E-state index in [1.54, 1.807) is 54.1 Å². The number of hydrogen-bond acceptors (Lipinski definition) is 4. The maximum atomic E-state index is 13.3. The number of para-hydroxylation sites is 1. The van der Waals surface area contributed by atoms with Crippen molar-refractivity contribution in [1.82, 2.24) is 9.55 Å². The van der Waals surface area contributed by atoms with E-state index in [1.165, 1.54) is 11.8 Å². The Labute approximate surface area is 192 Å². The molecule has 3 aromatic carbocycles. The van der Waals surface area contributed by atoms with Crippen LogP contribution in [0.4, 0.5) is 0 Å². The minimum Gasteiger partial charge on any atom is -0.495 e. The standard InChI is InChI=1S/C22H15Cl3N2O2S/c1-29-20-10-9-13(11-18(20)25)27-21(28)14-5-2-3-8-19(14)26-22(27)30-12-15-16(23)6-4-7-17(15)24/h2-11H,12H2,1H3. The molecule has 0 fully saturated rings. The number of rotatable bonds is 5. The third-order valence-corrected chi connectivity index (χ3v) is 6.51. The molecule has 0 saturated carbocycles. The molecule has 8 heteroatoms. The van der Waals surface area contributed by atoms with Crippen molar-refractivity contribution in [3.8, 4) is 11.4 Å². The molecule has 0 amide bonds. The van der Waals surface area contributed by atoms with Crippen LogP contribution in [0.1, 0.15) is 5.56 Å². The normalized spacial score (nSPS) is 11.1. The largest absolute Gasteiger partial charge is 0.495 e. The zero-order chi connectivity index (χ0) is 21.3. The van der Waals surface area contributed by atoms with Gasteiger partial charge in [-0.3, -0.25) is 9.36 Å². The van der Waals surface area contributed by atoms with E-state index in [-0.39, 0.29) is 5.56 Å². The Hall–Kier alpha value is -2.18. The molecule has 4 aromatic rings. The molecule has 0 atom stereocenters. The van der Waals surface area contributed by atoms with Gasteiger partial charge in [-0.2, -0.15) is 0 Å². The molecule has 1 aromatic heterocycles. The first kappa shape index (κ1) is 21.1. The summed E-state index contributed by atoms with van der Waals surface area (Å²) in [5.41, 5.74) is 1.81. The van der Waals surface area contributed by atoms with Crippen molar-refractivity contribution in [3.63, 3.8) is 0 Å². The maximum Gasteiger partial charge on any atom is 0.266 e. The zero-order valence-electron chi connectivity index (χ0n) is 15.7. The van der Waals surface area contributed by atoms with Gasteiger partial charge in [0.1, 0.15) is 5.75 Å². The van der Waals surface area contributed by atoms with Gasteiger partial charge in [-0.25, -0.2) is 4.98 Å². The zero-order valence-corrected chi connectivity index (χ0v) is 18.8. The minimum atomic E-state index is -0.186. The maximum absolute atomic E-state index is 13.3. The summed E-state index contributed by atoms with van der Waals surface area (Å²) >= 11 is 20.3. The van der Waals surface area contributed by atoms with Gasteiger partial charge in [-0.05, 0) is 48.0 Å². The van der Waals surface area contributed by atoms with Gasteiger partial charge < -0.3 is 4.74 Å². The van der Waals surface area contributed by atoms with Gasteiger partial charge in [0.15, 0.2) is 5.16 Å². The highest BCUT2D eigenvalue weighted by Gasteiger charge is 2.16. The number of hydrogen-bond donors (Lipinski definition) is 0. The lowest BCUT2D eigenvalue weighted by Crippen LogP contribution is -2.21. The first-order chi connectivity index (χ1) is 14.5. The second-order valence-electron chi connectivity index (χ2n) is 6.36. The summed E-state index contributed by atoms with van der Waals surface area (Å²) in [5.74, 6) is 0.979. The Kier molecular flexibility index (Phi) is 6.25. The van der Waals surface area contributed by atoms with Crippen LogP contribution in [0.25, 0.3) is 16.6 Å². The smallest absolute Gasteiger partial charge is 0.266 e. The molecule has 0 aliphatic rings. The first-order valence-electron chi connectivity index (χ1n) is 8.91. The summed E-state index contributed by atoms with van der Waals surface area (Å²) in [5, 5.41) is 2.56. The van der Waals surface area contributed by atoms with Gasteiger partial charge in [0, 0.05) is 15.8 Å². The molecule has 0 aliphatic carbocycles. The predicted octanol–water partition coefficient (Wildman–Crippen LogP) is 6.65. The highest BCUT2D eigenvalue weighted by Crippen LogP contribution is 2.33. The Morgan fingerprint density at radius 2 is 1.70 bits per heavy atom. The fourth-order valence-electron chi connectivity index (χ4n) is 3.04. The van der Waals surface area contributed by atoms with E-state index >= 15 is 0 Å². The van der Waals surface area contributed by atoms with E-state index in [2.05, 4.69) is 0 Å². The summed E-state index contributed by atoms with van der Waals surface area (Å²) in [6, 6.07) is 17.8. The van der Waals surface area contributed by atoms with Crippen molar-refractivity contribution >= 4 is 57.5 Å². The lowest BCUT2D eigenvalue weighted by molar-refractivity contribution is 0.415.